The molecular formula is C22H18Br2N2+2. The van der Waals surface area contributed by atoms with Crippen LogP contribution < -0.4 is 0 Å². The Balaban J connectivity index is 1.87. The molecule has 1 heterocycles. The maximum atomic E-state index is 3.48. The van der Waals surface area contributed by atoms with Crippen molar-refractivity contribution in [3.05, 3.63) is 106 Å². The van der Waals surface area contributed by atoms with Crippen molar-refractivity contribution in [3.63, 3.8) is 0 Å². The first-order valence-electron chi connectivity index (χ1n) is 8.17. The van der Waals surface area contributed by atoms with Gasteiger partial charge in [-0.15, -0.1) is 0 Å². The lowest BCUT2D eigenvalue weighted by molar-refractivity contribution is -0.354. The van der Waals surface area contributed by atoms with Crippen molar-refractivity contribution >= 4 is 55.7 Å². The maximum absolute atomic E-state index is 3.48. The molecule has 128 valence electrons. The third-order valence-electron chi connectivity index (χ3n) is 3.68. The van der Waals surface area contributed by atoms with E-state index in [0.29, 0.717) is 0 Å². The van der Waals surface area contributed by atoms with Gasteiger partial charge < -0.3 is 0 Å². The molecule has 2 aromatic rings. The Morgan fingerprint density at radius 2 is 0.846 bits per heavy atom. The smallest absolute Gasteiger partial charge is 0.167 e. The fourth-order valence-corrected chi connectivity index (χ4v) is 2.90. The van der Waals surface area contributed by atoms with Crippen LogP contribution in [0.1, 0.15) is 0 Å². The molecule has 0 amide bonds. The molecule has 0 spiro atoms. The Kier molecular flexibility index (Phi) is 6.69. The molecular weight excluding hydrogens is 452 g/mol. The van der Waals surface area contributed by atoms with Gasteiger partial charge in [0.15, 0.2) is 24.8 Å². The van der Waals surface area contributed by atoms with Gasteiger partial charge in [0.25, 0.3) is 0 Å². The number of allylic oxidation sites excluding steroid dienone is 6. The minimum absolute atomic E-state index is 1.07. The minimum Gasteiger partial charge on any atom is -0.167 e. The quantitative estimate of drug-likeness (QED) is 0.443. The molecule has 0 saturated carbocycles. The zero-order valence-corrected chi connectivity index (χ0v) is 17.2. The van der Waals surface area contributed by atoms with Crippen molar-refractivity contribution in [2.75, 3.05) is 0 Å². The molecule has 0 atom stereocenters. The predicted octanol–water partition coefficient (Wildman–Crippen LogP) is 6.49. The van der Waals surface area contributed by atoms with Gasteiger partial charge in [0, 0.05) is 57.5 Å². The fraction of sp³-hybridized carbons (Fsp3) is 0. The van der Waals surface area contributed by atoms with E-state index >= 15 is 0 Å². The van der Waals surface area contributed by atoms with E-state index in [0.717, 1.165) is 20.3 Å². The number of benzene rings is 2. The van der Waals surface area contributed by atoms with Crippen LogP contribution in [0.4, 0.5) is 11.4 Å². The minimum atomic E-state index is 1.07. The van der Waals surface area contributed by atoms with Gasteiger partial charge in [-0.25, -0.2) is 0 Å². The average molecular weight is 470 g/mol. The van der Waals surface area contributed by atoms with Gasteiger partial charge in [-0.2, -0.15) is 9.15 Å². The fourth-order valence-electron chi connectivity index (χ4n) is 2.37. The average Bonchev–Trinajstić information content (AvgIpc) is 2.64. The van der Waals surface area contributed by atoms with Crippen LogP contribution in [0.15, 0.2) is 106 Å². The normalized spacial score (nSPS) is 23.3. The molecule has 0 aromatic heterocycles. The second-order valence-electron chi connectivity index (χ2n) is 5.52. The molecule has 4 heteroatoms. The largest absolute Gasteiger partial charge is 0.210 e. The van der Waals surface area contributed by atoms with Crippen molar-refractivity contribution in [3.8, 4) is 0 Å². The molecule has 0 aliphatic carbocycles. The van der Waals surface area contributed by atoms with Gasteiger partial charge in [-0.05, 0) is 24.3 Å². The van der Waals surface area contributed by atoms with E-state index in [1.807, 2.05) is 85.6 Å². The number of rotatable bonds is 2. The summed E-state index contributed by atoms with van der Waals surface area (Å²) in [4.78, 5) is 0. The molecule has 0 N–H and O–H groups in total. The highest BCUT2D eigenvalue weighted by atomic mass is 79.9. The van der Waals surface area contributed by atoms with Gasteiger partial charge in [-0.1, -0.05) is 44.0 Å². The summed E-state index contributed by atoms with van der Waals surface area (Å²) < 4.78 is 6.30. The topological polar surface area (TPSA) is 6.02 Å². The highest BCUT2D eigenvalue weighted by Crippen LogP contribution is 2.18. The number of hydrogen-bond donors (Lipinski definition) is 0. The van der Waals surface area contributed by atoms with Crippen molar-refractivity contribution in [2.45, 2.75) is 0 Å². The predicted molar refractivity (Wildman–Crippen MR) is 117 cm³/mol. The second-order valence-corrected chi connectivity index (χ2v) is 7.35. The van der Waals surface area contributed by atoms with E-state index in [1.165, 1.54) is 0 Å². The van der Waals surface area contributed by atoms with Crippen LogP contribution >= 0.6 is 31.9 Å². The Morgan fingerprint density at radius 1 is 0.462 bits per heavy atom. The van der Waals surface area contributed by atoms with E-state index in [-0.39, 0.29) is 0 Å². The second kappa shape index (κ2) is 9.41. The number of hydrogen-bond acceptors (Lipinski definition) is 0. The first-order valence-corrected chi connectivity index (χ1v) is 9.75. The molecule has 3 rings (SSSR count). The van der Waals surface area contributed by atoms with Gasteiger partial charge in [0.2, 0.25) is 11.4 Å². The number of nitrogens with zero attached hydrogens (tertiary/aromatic N) is 2. The zero-order valence-electron chi connectivity index (χ0n) is 14.0. The molecule has 1 aliphatic heterocycles. The lowest BCUT2D eigenvalue weighted by Gasteiger charge is -1.97. The van der Waals surface area contributed by atoms with Crippen LogP contribution in [0.5, 0.6) is 0 Å². The van der Waals surface area contributed by atoms with Crippen molar-refractivity contribution in [1.29, 1.82) is 0 Å². The van der Waals surface area contributed by atoms with Crippen molar-refractivity contribution in [1.82, 2.24) is 0 Å². The number of halogens is 2. The first kappa shape index (κ1) is 18.5. The summed E-state index contributed by atoms with van der Waals surface area (Å²) in [6.07, 6.45) is 20.3. The monoisotopic (exact) mass is 468 g/mol. The van der Waals surface area contributed by atoms with Crippen LogP contribution in [0.25, 0.3) is 0 Å². The van der Waals surface area contributed by atoms with Gasteiger partial charge in [-0.3, -0.25) is 0 Å². The molecule has 2 aromatic carbocycles. The van der Waals surface area contributed by atoms with Crippen LogP contribution in [-0.4, -0.2) is 21.6 Å². The standard InChI is InChI=1S/C22H18Br2N2/c23-19-7-11-21(12-8-19)25-15-3-1-4-16-26(18-6-2-5-17-25)22-13-9-20(24)10-14-22/h1-18H/q+2/b3-1-,4-1?,5-2?,6-2+,15-3?,16-4+,17-5-,18-6?,25-15-,25-17?,26-16?,26-18-. The summed E-state index contributed by atoms with van der Waals surface area (Å²) in [5.41, 5.74) is 2.20. The molecule has 0 fully saturated rings. The maximum Gasteiger partial charge on any atom is 0.210 e. The van der Waals surface area contributed by atoms with Crippen molar-refractivity contribution in [2.24, 2.45) is 0 Å². The lowest BCUT2D eigenvalue weighted by atomic mass is 10.3. The highest BCUT2D eigenvalue weighted by Gasteiger charge is 2.05. The summed E-state index contributed by atoms with van der Waals surface area (Å²) in [7, 11) is 0. The highest BCUT2D eigenvalue weighted by molar-refractivity contribution is 9.10. The third-order valence-corrected chi connectivity index (χ3v) is 4.74. The van der Waals surface area contributed by atoms with Crippen LogP contribution in [-0.2, 0) is 0 Å². The van der Waals surface area contributed by atoms with E-state index in [2.05, 4.69) is 65.3 Å². The molecule has 0 unspecified atom stereocenters. The summed E-state index contributed by atoms with van der Waals surface area (Å²) in [6, 6.07) is 16.5. The van der Waals surface area contributed by atoms with E-state index < -0.39 is 0 Å². The van der Waals surface area contributed by atoms with Crippen LogP contribution in [0, 0.1) is 0 Å². The molecule has 1 aliphatic rings. The first-order chi connectivity index (χ1) is 12.7. The molecule has 0 saturated heterocycles. The van der Waals surface area contributed by atoms with Gasteiger partial charge >= 0.3 is 0 Å². The Bertz CT molecular complexity index is 850. The third kappa shape index (κ3) is 5.35. The Hall–Kier alpha value is -2.30. The molecule has 26 heavy (non-hydrogen) atoms. The van der Waals surface area contributed by atoms with E-state index in [4.69, 9.17) is 0 Å². The van der Waals surface area contributed by atoms with E-state index in [1.54, 1.807) is 0 Å². The summed E-state index contributed by atoms with van der Waals surface area (Å²) in [5, 5.41) is 0. The molecule has 2 nitrogen and oxygen atoms in total. The zero-order chi connectivity index (χ0) is 18.2. The summed E-state index contributed by atoms with van der Waals surface area (Å²) in [6.45, 7) is 0. The van der Waals surface area contributed by atoms with Crippen LogP contribution in [0.3, 0.4) is 0 Å². The van der Waals surface area contributed by atoms with Gasteiger partial charge in [0.05, 0.1) is 0 Å². The van der Waals surface area contributed by atoms with Crippen LogP contribution in [0.2, 0.25) is 0 Å². The van der Waals surface area contributed by atoms with E-state index in [9.17, 15) is 0 Å². The SMILES string of the molecule is Brc1ccc([N+]2=C\C=C/C=C/[N+](c3ccc(Br)cc3)=C/C=C/C=C\2)cc1. The Labute approximate surface area is 170 Å². The summed E-state index contributed by atoms with van der Waals surface area (Å²) in [5.74, 6) is 0. The lowest BCUT2D eigenvalue weighted by Crippen LogP contribution is -1.98. The molecule has 0 bridgehead atoms. The molecule has 0 radical (unpaired) electrons. The van der Waals surface area contributed by atoms with Gasteiger partial charge in [0.1, 0.15) is 0 Å². The summed E-state index contributed by atoms with van der Waals surface area (Å²) >= 11 is 6.95. The Morgan fingerprint density at radius 3 is 1.23 bits per heavy atom. The van der Waals surface area contributed by atoms with Crippen molar-refractivity contribution < 1.29 is 9.15 Å².